The summed E-state index contributed by atoms with van der Waals surface area (Å²) in [6.45, 7) is 18.4. The van der Waals surface area contributed by atoms with E-state index in [4.69, 9.17) is 0 Å². The van der Waals surface area contributed by atoms with Crippen LogP contribution in [0.25, 0.3) is 0 Å². The maximum Gasteiger partial charge on any atom is 0.251 e. The summed E-state index contributed by atoms with van der Waals surface area (Å²) in [4.78, 5) is 56.1. The summed E-state index contributed by atoms with van der Waals surface area (Å²) >= 11 is 0. The van der Waals surface area contributed by atoms with E-state index in [2.05, 4.69) is 58.8 Å². The highest BCUT2D eigenvalue weighted by atomic mass is 16.2. The predicted octanol–water partition coefficient (Wildman–Crippen LogP) is 19.3. The molecule has 2 atom stereocenters. The molecule has 0 bridgehead atoms. The van der Waals surface area contributed by atoms with E-state index in [1.165, 1.54) is 173 Å². The molecule has 0 aromatic carbocycles. The average Bonchev–Trinajstić information content (AvgIpc) is 3.36. The number of allylic oxidation sites excluding steroid dienone is 2. The third-order valence-corrected chi connectivity index (χ3v) is 15.1. The SMILES string of the molecule is C=C/C(C(=O)NCCCCCCCCCCCCCCCCC)=C(\C=C(/CC(=O)NCCCCCCCCCCCCCCCCCC)C(=O)CCC(CC)CCCC)C(=O)CCC(CC)CCCC. The fraction of sp³-hybridized carbons (Fsp3) is 0.844. The summed E-state index contributed by atoms with van der Waals surface area (Å²) in [5.74, 6) is 0.0748. The van der Waals surface area contributed by atoms with E-state index in [0.29, 0.717) is 43.3 Å². The van der Waals surface area contributed by atoms with Gasteiger partial charge in [0.2, 0.25) is 5.91 Å². The lowest BCUT2D eigenvalue weighted by Gasteiger charge is -2.17. The summed E-state index contributed by atoms with van der Waals surface area (Å²) in [5, 5.41) is 6.19. The van der Waals surface area contributed by atoms with Crippen LogP contribution in [-0.4, -0.2) is 36.5 Å². The molecule has 2 unspecified atom stereocenters. The van der Waals surface area contributed by atoms with Crippen LogP contribution in [0.3, 0.4) is 0 Å². The van der Waals surface area contributed by atoms with Gasteiger partial charge in [0.15, 0.2) is 11.6 Å². The van der Waals surface area contributed by atoms with Gasteiger partial charge in [-0.1, -0.05) is 292 Å². The summed E-state index contributed by atoms with van der Waals surface area (Å²) in [6, 6.07) is 0. The molecule has 2 amide bonds. The largest absolute Gasteiger partial charge is 0.356 e. The van der Waals surface area contributed by atoms with Crippen molar-refractivity contribution in [3.63, 3.8) is 0 Å². The minimum absolute atomic E-state index is 0.0977. The van der Waals surface area contributed by atoms with Gasteiger partial charge in [-0.15, -0.1) is 0 Å². The first-order chi connectivity index (χ1) is 34.2. The zero-order valence-corrected chi connectivity index (χ0v) is 47.7. The van der Waals surface area contributed by atoms with Gasteiger partial charge in [0.25, 0.3) is 5.91 Å². The number of Topliss-reactive ketones (excluding diaryl/α,β-unsaturated/α-hetero) is 2. The molecule has 6 heteroatoms. The van der Waals surface area contributed by atoms with Crippen LogP contribution in [0.2, 0.25) is 0 Å². The van der Waals surface area contributed by atoms with Crippen LogP contribution in [0.15, 0.2) is 35.5 Å². The van der Waals surface area contributed by atoms with Crippen LogP contribution >= 0.6 is 0 Å². The van der Waals surface area contributed by atoms with E-state index in [1.54, 1.807) is 6.08 Å². The number of nitrogens with one attached hydrogen (secondary N) is 2. The molecule has 0 saturated heterocycles. The van der Waals surface area contributed by atoms with Crippen molar-refractivity contribution < 1.29 is 19.2 Å². The topological polar surface area (TPSA) is 92.3 Å². The van der Waals surface area contributed by atoms with E-state index in [1.807, 2.05) is 0 Å². The molecular weight excluding hydrogens is 861 g/mol. The number of rotatable bonds is 54. The average molecular weight is 980 g/mol. The Morgan fingerprint density at radius 3 is 1.06 bits per heavy atom. The van der Waals surface area contributed by atoms with Crippen molar-refractivity contribution in [1.29, 1.82) is 0 Å². The van der Waals surface area contributed by atoms with Crippen LogP contribution in [0.5, 0.6) is 0 Å². The standard InChI is InChI=1S/C64H118N2O4/c1-8-15-19-21-23-25-27-29-31-33-34-36-38-40-42-44-52-65-63(69)55-58(61(67)50-48-56(12-5)46-17-10-3)54-60(62(68)51-49-57(13-6)47-18-11-4)59(14-7)64(70)66-53-45-43-41-39-37-35-32-30-28-26-24-22-20-16-9-2/h14,54,56-57H,7-13,15-53,55H2,1-6H3,(H,65,69)(H,66,70)/b58-54+,60-59-. The van der Waals surface area contributed by atoms with Gasteiger partial charge in [0.1, 0.15) is 0 Å². The quantitative estimate of drug-likeness (QED) is 0.0361. The van der Waals surface area contributed by atoms with Crippen LogP contribution in [-0.2, 0) is 19.2 Å². The van der Waals surface area contributed by atoms with Gasteiger partial charge in [-0.25, -0.2) is 0 Å². The minimum Gasteiger partial charge on any atom is -0.356 e. The van der Waals surface area contributed by atoms with Crippen LogP contribution in [0.4, 0.5) is 0 Å². The summed E-state index contributed by atoms with van der Waals surface area (Å²) in [5.41, 5.74) is 0.757. The maximum atomic E-state index is 14.3. The lowest BCUT2D eigenvalue weighted by Crippen LogP contribution is -2.28. The molecular formula is C64H118N2O4. The summed E-state index contributed by atoms with van der Waals surface area (Å²) < 4.78 is 0. The van der Waals surface area contributed by atoms with Crippen molar-refractivity contribution in [2.75, 3.05) is 13.1 Å². The van der Waals surface area contributed by atoms with E-state index in [-0.39, 0.29) is 40.9 Å². The Kier molecular flexibility index (Phi) is 49.6. The first kappa shape index (κ1) is 67.5. The van der Waals surface area contributed by atoms with Crippen molar-refractivity contribution >= 4 is 23.4 Å². The molecule has 0 radical (unpaired) electrons. The molecule has 0 aromatic heterocycles. The van der Waals surface area contributed by atoms with Crippen molar-refractivity contribution in [3.8, 4) is 0 Å². The smallest absolute Gasteiger partial charge is 0.251 e. The molecule has 0 aliphatic heterocycles. The van der Waals surface area contributed by atoms with Gasteiger partial charge in [-0.05, 0) is 43.6 Å². The molecule has 0 heterocycles. The van der Waals surface area contributed by atoms with Gasteiger partial charge in [-0.3, -0.25) is 19.2 Å². The van der Waals surface area contributed by atoms with Crippen molar-refractivity contribution in [2.45, 2.75) is 324 Å². The maximum absolute atomic E-state index is 14.3. The van der Waals surface area contributed by atoms with Crippen LogP contribution in [0.1, 0.15) is 324 Å². The van der Waals surface area contributed by atoms with Crippen molar-refractivity contribution in [1.82, 2.24) is 10.6 Å². The zero-order valence-electron chi connectivity index (χ0n) is 47.7. The van der Waals surface area contributed by atoms with E-state index < -0.39 is 0 Å². The van der Waals surface area contributed by atoms with E-state index >= 15 is 0 Å². The number of hydrogen-bond donors (Lipinski definition) is 2. The van der Waals surface area contributed by atoms with Gasteiger partial charge in [-0.2, -0.15) is 0 Å². The Morgan fingerprint density at radius 1 is 0.386 bits per heavy atom. The molecule has 0 fully saturated rings. The molecule has 6 nitrogen and oxygen atoms in total. The number of carbonyl (C=O) groups is 4. The molecule has 0 saturated carbocycles. The predicted molar refractivity (Wildman–Crippen MR) is 306 cm³/mol. The molecule has 0 aliphatic carbocycles. The number of unbranched alkanes of at least 4 members (excludes halogenated alkanes) is 31. The van der Waals surface area contributed by atoms with Gasteiger partial charge >= 0.3 is 0 Å². The molecule has 0 spiro atoms. The second kappa shape index (κ2) is 51.4. The minimum atomic E-state index is -0.330. The van der Waals surface area contributed by atoms with Gasteiger partial charge in [0, 0.05) is 42.7 Å². The monoisotopic (exact) mass is 979 g/mol. The first-order valence-electron chi connectivity index (χ1n) is 30.9. The second-order valence-corrected chi connectivity index (χ2v) is 21.5. The fourth-order valence-corrected chi connectivity index (χ4v) is 10.0. The number of amides is 2. The van der Waals surface area contributed by atoms with Crippen molar-refractivity contribution in [3.05, 3.63) is 35.5 Å². The van der Waals surface area contributed by atoms with Crippen molar-refractivity contribution in [2.24, 2.45) is 11.8 Å². The Morgan fingerprint density at radius 2 is 0.714 bits per heavy atom. The Labute approximate surface area is 435 Å². The second-order valence-electron chi connectivity index (χ2n) is 21.5. The zero-order chi connectivity index (χ0) is 51.6. The number of ketones is 2. The van der Waals surface area contributed by atoms with E-state index in [0.717, 1.165) is 96.3 Å². The molecule has 0 aromatic rings. The highest BCUT2D eigenvalue weighted by Gasteiger charge is 2.23. The Balaban J connectivity index is 5.66. The lowest BCUT2D eigenvalue weighted by atomic mass is 9.88. The highest BCUT2D eigenvalue weighted by molar-refractivity contribution is 6.11. The molecule has 0 rings (SSSR count). The van der Waals surface area contributed by atoms with Gasteiger partial charge < -0.3 is 10.6 Å². The number of hydrogen-bond acceptors (Lipinski definition) is 4. The molecule has 0 aliphatic rings. The number of carbonyl (C=O) groups excluding carboxylic acids is 4. The fourth-order valence-electron chi connectivity index (χ4n) is 10.0. The summed E-state index contributed by atoms with van der Waals surface area (Å²) in [6.07, 6.45) is 53.8. The Hall–Kier alpha value is -2.50. The summed E-state index contributed by atoms with van der Waals surface area (Å²) in [7, 11) is 0. The van der Waals surface area contributed by atoms with E-state index in [9.17, 15) is 19.2 Å². The highest BCUT2D eigenvalue weighted by Crippen LogP contribution is 2.25. The Bertz CT molecular complexity index is 1330. The van der Waals surface area contributed by atoms with Gasteiger partial charge in [0.05, 0.1) is 6.42 Å². The molecule has 408 valence electrons. The molecule has 2 N–H and O–H groups in total. The first-order valence-corrected chi connectivity index (χ1v) is 30.9. The third-order valence-electron chi connectivity index (χ3n) is 15.1. The normalized spacial score (nSPS) is 13.0. The van der Waals surface area contributed by atoms with Crippen LogP contribution in [0, 0.1) is 11.8 Å². The molecule has 70 heavy (non-hydrogen) atoms. The van der Waals surface area contributed by atoms with Crippen LogP contribution < -0.4 is 10.6 Å². The third kappa shape index (κ3) is 40.0. The lowest BCUT2D eigenvalue weighted by molar-refractivity contribution is -0.122.